The average molecular weight is 496 g/mol. The van der Waals surface area contributed by atoms with E-state index >= 15 is 0 Å². The Labute approximate surface area is 203 Å². The van der Waals surface area contributed by atoms with Crippen LogP contribution in [0, 0.1) is 29.9 Å². The fourth-order valence-electron chi connectivity index (χ4n) is 4.04. The number of halogens is 2. The molecule has 2 aliphatic rings. The second-order valence-corrected chi connectivity index (χ2v) is 9.21. The number of aromatic nitrogens is 4. The van der Waals surface area contributed by atoms with Crippen molar-refractivity contribution < 1.29 is 13.6 Å². The van der Waals surface area contributed by atoms with Crippen LogP contribution in [0.5, 0.6) is 0 Å². The minimum Gasteiger partial charge on any atom is -0.337 e. The second-order valence-electron chi connectivity index (χ2n) is 8.03. The van der Waals surface area contributed by atoms with Crippen molar-refractivity contribution in [3.63, 3.8) is 0 Å². The van der Waals surface area contributed by atoms with Gasteiger partial charge in [0.05, 0.1) is 23.9 Å². The van der Waals surface area contributed by atoms with Crippen LogP contribution >= 0.6 is 11.3 Å². The quantitative estimate of drug-likeness (QED) is 0.548. The number of carbonyl (C=O) groups is 1. The Hall–Kier alpha value is -4.05. The molecule has 0 aliphatic carbocycles. The van der Waals surface area contributed by atoms with Crippen LogP contribution in [0.1, 0.15) is 28.6 Å². The average Bonchev–Trinajstić information content (AvgIpc) is 3.53. The highest BCUT2D eigenvalue weighted by molar-refractivity contribution is 7.14. The Balaban J connectivity index is 1.28. The van der Waals surface area contributed by atoms with E-state index in [2.05, 4.69) is 25.3 Å². The van der Waals surface area contributed by atoms with Crippen molar-refractivity contribution in [1.82, 2.24) is 30.1 Å². The summed E-state index contributed by atoms with van der Waals surface area (Å²) in [5.41, 5.74) is 0.806. The number of piperazine rings is 1. The topological polar surface area (TPSA) is 115 Å². The molecule has 2 amide bonds. The number of benzene rings is 1. The van der Waals surface area contributed by atoms with E-state index in [1.807, 2.05) is 11.0 Å². The molecule has 0 spiro atoms. The van der Waals surface area contributed by atoms with Crippen LogP contribution in [0.4, 0.5) is 19.5 Å². The maximum Gasteiger partial charge on any atom is 0.341 e. The van der Waals surface area contributed by atoms with E-state index in [-0.39, 0.29) is 17.3 Å². The maximum atomic E-state index is 14.3. The summed E-state index contributed by atoms with van der Waals surface area (Å²) in [4.78, 5) is 25.2. The lowest BCUT2D eigenvalue weighted by Crippen LogP contribution is -2.52. The predicted molar refractivity (Wildman–Crippen MR) is 124 cm³/mol. The zero-order chi connectivity index (χ0) is 24.5. The third-order valence-electron chi connectivity index (χ3n) is 5.75. The number of hydrogen-bond acceptors (Lipinski definition) is 9. The molecule has 0 N–H and O–H groups in total. The van der Waals surface area contributed by atoms with E-state index in [9.17, 15) is 13.6 Å². The van der Waals surface area contributed by atoms with Gasteiger partial charge in [0.1, 0.15) is 16.5 Å². The summed E-state index contributed by atoms with van der Waals surface area (Å²) in [5.74, 6) is -0.759. The number of rotatable bonds is 3. The molecule has 0 radical (unpaired) electrons. The largest absolute Gasteiger partial charge is 0.341 e. The molecule has 1 atom stereocenters. The molecule has 1 saturated heterocycles. The fourth-order valence-corrected chi connectivity index (χ4v) is 4.72. The summed E-state index contributed by atoms with van der Waals surface area (Å²) in [6.07, 6.45) is 3.15. The van der Waals surface area contributed by atoms with E-state index in [1.165, 1.54) is 22.4 Å². The van der Waals surface area contributed by atoms with Gasteiger partial charge in [0.25, 0.3) is 0 Å². The van der Waals surface area contributed by atoms with E-state index < -0.39 is 17.7 Å². The van der Waals surface area contributed by atoms with Gasteiger partial charge in [0, 0.05) is 38.8 Å². The van der Waals surface area contributed by atoms with Crippen molar-refractivity contribution in [2.24, 2.45) is 5.10 Å². The van der Waals surface area contributed by atoms with E-state index in [0.717, 1.165) is 12.3 Å². The molecule has 10 nitrogen and oxygen atoms in total. The summed E-state index contributed by atoms with van der Waals surface area (Å²) < 4.78 is 28.3. The molecule has 0 bridgehead atoms. The van der Waals surface area contributed by atoms with Crippen molar-refractivity contribution in [3.05, 3.63) is 52.2 Å². The first-order valence-electron chi connectivity index (χ1n) is 10.8. The van der Waals surface area contributed by atoms with Gasteiger partial charge in [0.2, 0.25) is 5.95 Å². The SMILES string of the molecule is Cc1nnc(-c2nc(N3CCN(C(=O)N4N=CCC4c4cc(F)cc(C#N)c4)CC3)ncc2F)s1. The Kier molecular flexibility index (Phi) is 6.04. The van der Waals surface area contributed by atoms with Crippen LogP contribution in [0.15, 0.2) is 29.5 Å². The molecule has 2 aliphatic heterocycles. The first-order valence-corrected chi connectivity index (χ1v) is 11.6. The van der Waals surface area contributed by atoms with E-state index in [0.29, 0.717) is 54.1 Å². The summed E-state index contributed by atoms with van der Waals surface area (Å²) in [7, 11) is 0. The normalized spacial score (nSPS) is 17.7. The first kappa shape index (κ1) is 22.7. The summed E-state index contributed by atoms with van der Waals surface area (Å²) in [6, 6.07) is 5.19. The number of anilines is 1. The molecule has 178 valence electrons. The number of carbonyl (C=O) groups excluding carboxylic acids is 1. The van der Waals surface area contributed by atoms with Crippen molar-refractivity contribution >= 4 is 29.5 Å². The van der Waals surface area contributed by atoms with Crippen LogP contribution in [0.25, 0.3) is 10.7 Å². The maximum absolute atomic E-state index is 14.3. The van der Waals surface area contributed by atoms with Crippen molar-refractivity contribution in [1.29, 1.82) is 5.26 Å². The Morgan fingerprint density at radius 1 is 1.17 bits per heavy atom. The molecule has 1 fully saturated rings. The lowest BCUT2D eigenvalue weighted by atomic mass is 10.0. The standard InChI is InChI=1S/C22H19F2N9OS/c1-13-29-30-20(35-13)19-17(24)12-26-21(28-19)31-4-6-32(7-5-31)22(34)33-18(2-3-27-33)15-8-14(11-25)9-16(23)10-15/h3,8-10,12,18H,2,4-7H2,1H3. The number of nitriles is 1. The van der Waals surface area contributed by atoms with Gasteiger partial charge in [0.15, 0.2) is 10.8 Å². The predicted octanol–water partition coefficient (Wildman–Crippen LogP) is 3.13. The molecule has 0 saturated carbocycles. The highest BCUT2D eigenvalue weighted by Crippen LogP contribution is 2.31. The number of amides is 2. The zero-order valence-electron chi connectivity index (χ0n) is 18.6. The fraction of sp³-hybridized carbons (Fsp3) is 0.318. The molecule has 2 aromatic heterocycles. The van der Waals surface area contributed by atoms with Gasteiger partial charge in [-0.15, -0.1) is 10.2 Å². The van der Waals surface area contributed by atoms with Gasteiger partial charge in [-0.1, -0.05) is 11.3 Å². The minimum absolute atomic E-state index is 0.0974. The second kappa shape index (κ2) is 9.30. The molecular weight excluding hydrogens is 476 g/mol. The lowest BCUT2D eigenvalue weighted by Gasteiger charge is -2.37. The van der Waals surface area contributed by atoms with Crippen LogP contribution in [-0.4, -0.2) is 68.5 Å². The van der Waals surface area contributed by atoms with Gasteiger partial charge in [-0.25, -0.2) is 28.6 Å². The van der Waals surface area contributed by atoms with Crippen molar-refractivity contribution in [2.75, 3.05) is 31.1 Å². The Morgan fingerprint density at radius 2 is 1.97 bits per heavy atom. The minimum atomic E-state index is -0.575. The van der Waals surface area contributed by atoms with Gasteiger partial charge >= 0.3 is 6.03 Å². The van der Waals surface area contributed by atoms with Gasteiger partial charge in [-0.3, -0.25) is 0 Å². The third kappa shape index (κ3) is 4.52. The number of hydrogen-bond donors (Lipinski definition) is 0. The van der Waals surface area contributed by atoms with Crippen molar-refractivity contribution in [3.8, 4) is 16.8 Å². The Morgan fingerprint density at radius 3 is 2.69 bits per heavy atom. The summed E-state index contributed by atoms with van der Waals surface area (Å²) in [6.45, 7) is 3.40. The summed E-state index contributed by atoms with van der Waals surface area (Å²) in [5, 5.41) is 23.7. The monoisotopic (exact) mass is 495 g/mol. The van der Waals surface area contributed by atoms with Gasteiger partial charge in [-0.05, 0) is 30.7 Å². The number of aryl methyl sites for hydroxylation is 1. The first-order chi connectivity index (χ1) is 16.9. The summed E-state index contributed by atoms with van der Waals surface area (Å²) >= 11 is 1.25. The molecular formula is C22H19F2N9OS. The van der Waals surface area contributed by atoms with Crippen LogP contribution < -0.4 is 4.90 Å². The van der Waals surface area contributed by atoms with Gasteiger partial charge in [-0.2, -0.15) is 10.4 Å². The van der Waals surface area contributed by atoms with E-state index in [4.69, 9.17) is 5.26 Å². The highest BCUT2D eigenvalue weighted by atomic mass is 32.1. The molecule has 5 rings (SSSR count). The van der Waals surface area contributed by atoms with Crippen molar-refractivity contribution in [2.45, 2.75) is 19.4 Å². The molecule has 4 heterocycles. The molecule has 1 aromatic carbocycles. The zero-order valence-corrected chi connectivity index (χ0v) is 19.4. The number of urea groups is 1. The lowest BCUT2D eigenvalue weighted by molar-refractivity contribution is 0.139. The van der Waals surface area contributed by atoms with Gasteiger partial charge < -0.3 is 9.80 Å². The molecule has 1 unspecified atom stereocenters. The van der Waals surface area contributed by atoms with Crippen LogP contribution in [0.2, 0.25) is 0 Å². The number of hydrazone groups is 1. The smallest absolute Gasteiger partial charge is 0.337 e. The molecule has 35 heavy (non-hydrogen) atoms. The van der Waals surface area contributed by atoms with Crippen LogP contribution in [-0.2, 0) is 0 Å². The van der Waals surface area contributed by atoms with E-state index in [1.54, 1.807) is 24.1 Å². The Bertz CT molecular complexity index is 1350. The number of nitrogens with zero attached hydrogens (tertiary/aromatic N) is 9. The molecule has 3 aromatic rings. The van der Waals surface area contributed by atoms with Crippen LogP contribution in [0.3, 0.4) is 0 Å². The highest BCUT2D eigenvalue weighted by Gasteiger charge is 2.34. The molecule has 13 heteroatoms. The third-order valence-corrected chi connectivity index (χ3v) is 6.60.